The molecule has 0 aromatic rings. The summed E-state index contributed by atoms with van der Waals surface area (Å²) in [6.07, 6.45) is 2.46. The van der Waals surface area contributed by atoms with E-state index in [1.54, 1.807) is 0 Å². The van der Waals surface area contributed by atoms with Crippen LogP contribution in [0.15, 0.2) is 0 Å². The van der Waals surface area contributed by atoms with Gasteiger partial charge in [-0.25, -0.2) is 5.01 Å². The molecule has 2 nitrogen and oxygen atoms in total. The second-order valence-corrected chi connectivity index (χ2v) is 3.30. The minimum absolute atomic E-state index is 0.796. The van der Waals surface area contributed by atoms with Gasteiger partial charge in [0.2, 0.25) is 0 Å². The number of hydrogen-bond donors (Lipinski definition) is 1. The third kappa shape index (κ3) is 6.32. The Bertz CT molecular complexity index is 83.6. The topological polar surface area (TPSA) is 15.3 Å². The standard InChI is InChI=1S/C9H22N2/c1-5-7-10-11(4)8-9(3)6-2/h9-10H,5-8H2,1-4H3. The first-order valence-corrected chi connectivity index (χ1v) is 4.65. The molecule has 0 heterocycles. The van der Waals surface area contributed by atoms with Gasteiger partial charge in [-0.05, 0) is 12.3 Å². The molecule has 0 fully saturated rings. The first-order valence-electron chi connectivity index (χ1n) is 4.65. The maximum atomic E-state index is 3.33. The lowest BCUT2D eigenvalue weighted by Crippen LogP contribution is -2.37. The maximum absolute atomic E-state index is 3.33. The molecular formula is C9H22N2. The van der Waals surface area contributed by atoms with Crippen molar-refractivity contribution in [2.75, 3.05) is 20.1 Å². The molecule has 0 aliphatic heterocycles. The molecule has 0 aromatic heterocycles. The second-order valence-electron chi connectivity index (χ2n) is 3.30. The second kappa shape index (κ2) is 6.62. The van der Waals surface area contributed by atoms with Crippen LogP contribution in [0.3, 0.4) is 0 Å². The number of nitrogens with one attached hydrogen (secondary N) is 1. The zero-order chi connectivity index (χ0) is 8.69. The molecule has 1 unspecified atom stereocenters. The summed E-state index contributed by atoms with van der Waals surface area (Å²) in [4.78, 5) is 0. The van der Waals surface area contributed by atoms with Gasteiger partial charge in [0, 0.05) is 20.1 Å². The summed E-state index contributed by atoms with van der Waals surface area (Å²) in [5.41, 5.74) is 3.33. The lowest BCUT2D eigenvalue weighted by molar-refractivity contribution is 0.202. The van der Waals surface area contributed by atoms with E-state index < -0.39 is 0 Å². The Hall–Kier alpha value is -0.0800. The summed E-state index contributed by atoms with van der Waals surface area (Å²) in [5, 5.41) is 2.19. The number of hydrogen-bond acceptors (Lipinski definition) is 2. The van der Waals surface area contributed by atoms with E-state index >= 15 is 0 Å². The predicted octanol–water partition coefficient (Wildman–Crippen LogP) is 1.88. The van der Waals surface area contributed by atoms with Gasteiger partial charge in [0.1, 0.15) is 0 Å². The van der Waals surface area contributed by atoms with Crippen molar-refractivity contribution < 1.29 is 0 Å². The fraction of sp³-hybridized carbons (Fsp3) is 1.00. The minimum atomic E-state index is 0.796. The minimum Gasteiger partial charge on any atom is -0.255 e. The van der Waals surface area contributed by atoms with E-state index in [2.05, 4.69) is 38.3 Å². The van der Waals surface area contributed by atoms with Crippen LogP contribution in [0.5, 0.6) is 0 Å². The Morgan fingerprint density at radius 1 is 1.36 bits per heavy atom. The van der Waals surface area contributed by atoms with Crippen LogP contribution in [0.2, 0.25) is 0 Å². The molecular weight excluding hydrogens is 136 g/mol. The van der Waals surface area contributed by atoms with Crippen LogP contribution in [0.25, 0.3) is 0 Å². The average Bonchev–Trinajstić information content (AvgIpc) is 2.00. The van der Waals surface area contributed by atoms with E-state index in [9.17, 15) is 0 Å². The van der Waals surface area contributed by atoms with Gasteiger partial charge in [-0.3, -0.25) is 5.43 Å². The summed E-state index contributed by atoms with van der Waals surface area (Å²) in [6, 6.07) is 0. The molecule has 0 rings (SSSR count). The van der Waals surface area contributed by atoms with Gasteiger partial charge in [0.25, 0.3) is 0 Å². The van der Waals surface area contributed by atoms with Crippen molar-refractivity contribution in [2.45, 2.75) is 33.6 Å². The van der Waals surface area contributed by atoms with Crippen molar-refractivity contribution in [3.8, 4) is 0 Å². The molecule has 0 amide bonds. The van der Waals surface area contributed by atoms with Gasteiger partial charge >= 0.3 is 0 Å². The number of nitrogens with zero attached hydrogens (tertiary/aromatic N) is 1. The van der Waals surface area contributed by atoms with E-state index in [0.29, 0.717) is 0 Å². The van der Waals surface area contributed by atoms with Crippen molar-refractivity contribution in [1.82, 2.24) is 10.4 Å². The molecule has 1 N–H and O–H groups in total. The average molecular weight is 158 g/mol. The van der Waals surface area contributed by atoms with Gasteiger partial charge in [-0.1, -0.05) is 27.2 Å². The highest BCUT2D eigenvalue weighted by molar-refractivity contribution is 4.53. The molecule has 0 bridgehead atoms. The molecule has 0 aliphatic carbocycles. The van der Waals surface area contributed by atoms with Crippen molar-refractivity contribution in [3.63, 3.8) is 0 Å². The van der Waals surface area contributed by atoms with Crippen LogP contribution in [0.4, 0.5) is 0 Å². The summed E-state index contributed by atoms with van der Waals surface area (Å²) >= 11 is 0. The van der Waals surface area contributed by atoms with E-state index in [1.807, 2.05) is 0 Å². The van der Waals surface area contributed by atoms with Crippen molar-refractivity contribution in [3.05, 3.63) is 0 Å². The third-order valence-corrected chi connectivity index (χ3v) is 1.91. The third-order valence-electron chi connectivity index (χ3n) is 1.91. The molecule has 2 heteroatoms. The van der Waals surface area contributed by atoms with Crippen molar-refractivity contribution >= 4 is 0 Å². The molecule has 0 spiro atoms. The van der Waals surface area contributed by atoms with E-state index in [0.717, 1.165) is 19.0 Å². The molecule has 0 radical (unpaired) electrons. The smallest absolute Gasteiger partial charge is 0.0153 e. The predicted molar refractivity (Wildman–Crippen MR) is 50.4 cm³/mol. The zero-order valence-electron chi connectivity index (χ0n) is 8.35. The molecule has 11 heavy (non-hydrogen) atoms. The quantitative estimate of drug-likeness (QED) is 0.594. The van der Waals surface area contributed by atoms with Crippen LogP contribution < -0.4 is 5.43 Å². The largest absolute Gasteiger partial charge is 0.255 e. The Morgan fingerprint density at radius 3 is 2.45 bits per heavy atom. The van der Waals surface area contributed by atoms with Crippen LogP contribution in [-0.2, 0) is 0 Å². The summed E-state index contributed by atoms with van der Waals surface area (Å²) in [7, 11) is 2.11. The molecule has 0 saturated carbocycles. The Balaban J connectivity index is 3.27. The van der Waals surface area contributed by atoms with Crippen molar-refractivity contribution in [2.24, 2.45) is 5.92 Å². The van der Waals surface area contributed by atoms with Gasteiger partial charge < -0.3 is 0 Å². The molecule has 0 aliphatic rings. The summed E-state index contributed by atoms with van der Waals surface area (Å²) < 4.78 is 0. The Labute approximate surface area is 70.9 Å². The van der Waals surface area contributed by atoms with Crippen molar-refractivity contribution in [1.29, 1.82) is 0 Å². The highest BCUT2D eigenvalue weighted by Crippen LogP contribution is 2.00. The first kappa shape index (κ1) is 10.9. The number of rotatable bonds is 6. The van der Waals surface area contributed by atoms with Crippen LogP contribution in [-0.4, -0.2) is 25.1 Å². The molecule has 1 atom stereocenters. The zero-order valence-corrected chi connectivity index (χ0v) is 8.35. The maximum Gasteiger partial charge on any atom is 0.0153 e. The van der Waals surface area contributed by atoms with Crippen LogP contribution in [0, 0.1) is 5.92 Å². The monoisotopic (exact) mass is 158 g/mol. The lowest BCUT2D eigenvalue weighted by atomic mass is 10.1. The molecule has 68 valence electrons. The highest BCUT2D eigenvalue weighted by atomic mass is 15.5. The lowest BCUT2D eigenvalue weighted by Gasteiger charge is -2.20. The summed E-state index contributed by atoms with van der Waals surface area (Å²) in [5.74, 6) is 0.796. The normalized spacial score (nSPS) is 13.9. The van der Waals surface area contributed by atoms with Gasteiger partial charge in [-0.15, -0.1) is 0 Å². The molecule has 0 aromatic carbocycles. The first-order chi connectivity index (χ1) is 5.20. The van der Waals surface area contributed by atoms with Crippen LogP contribution in [0.1, 0.15) is 33.6 Å². The fourth-order valence-electron chi connectivity index (χ4n) is 0.964. The van der Waals surface area contributed by atoms with Gasteiger partial charge in [-0.2, -0.15) is 0 Å². The SMILES string of the molecule is CCCNN(C)CC(C)CC. The van der Waals surface area contributed by atoms with Crippen LogP contribution >= 0.6 is 0 Å². The van der Waals surface area contributed by atoms with E-state index in [-0.39, 0.29) is 0 Å². The van der Waals surface area contributed by atoms with Gasteiger partial charge in [0.05, 0.1) is 0 Å². The van der Waals surface area contributed by atoms with E-state index in [1.165, 1.54) is 12.8 Å². The fourth-order valence-corrected chi connectivity index (χ4v) is 0.964. The Morgan fingerprint density at radius 2 is 2.00 bits per heavy atom. The van der Waals surface area contributed by atoms with Gasteiger partial charge in [0.15, 0.2) is 0 Å². The van der Waals surface area contributed by atoms with E-state index in [4.69, 9.17) is 0 Å². The Kier molecular flexibility index (Phi) is 6.57. The number of hydrazine groups is 1. The summed E-state index contributed by atoms with van der Waals surface area (Å²) in [6.45, 7) is 8.94. The molecule has 0 saturated heterocycles. The highest BCUT2D eigenvalue weighted by Gasteiger charge is 2.01.